The van der Waals surface area contributed by atoms with E-state index in [0.29, 0.717) is 11.1 Å². The number of rotatable bonds is 5. The quantitative estimate of drug-likeness (QED) is 0.172. The number of nitriles is 2. The average Bonchev–Trinajstić information content (AvgIpc) is 4.19. The normalized spacial score (nSPS) is 13.6. The first-order chi connectivity index (χ1) is 39.5. The fourth-order valence-electron chi connectivity index (χ4n) is 13.9. The molecule has 2 aliphatic heterocycles. The van der Waals surface area contributed by atoms with Gasteiger partial charge in [-0.2, -0.15) is 10.5 Å². The van der Waals surface area contributed by atoms with Crippen LogP contribution < -0.4 is 9.47 Å². The molecule has 4 aliphatic rings. The van der Waals surface area contributed by atoms with E-state index in [9.17, 15) is 10.5 Å². The molecule has 2 spiro atoms. The number of hydrogen-bond acceptors (Lipinski definition) is 4. The van der Waals surface area contributed by atoms with Crippen molar-refractivity contribution in [1.82, 2.24) is 0 Å². The average molecular weight is 1020 g/mol. The van der Waals surface area contributed by atoms with Gasteiger partial charge in [0.25, 0.3) is 0 Å². The SMILES string of the molecule is N#Cc1ccccc1-c1cccc(-c2ccc3c(c2)Oc2cc(-c4ccc(-c5cccc(-c6ccc7c(c6)Oc6ccccc6C76c7ccccc7-c7ccccc76)c5)cc4C#N)ccc2C32c3ccccc3-c3ccccc32)c1. The number of ether oxygens (including phenoxy) is 2. The lowest BCUT2D eigenvalue weighted by atomic mass is 9.65. The molecule has 0 bridgehead atoms. The van der Waals surface area contributed by atoms with E-state index in [1.54, 1.807) is 0 Å². The van der Waals surface area contributed by atoms with Crippen molar-refractivity contribution in [2.75, 3.05) is 0 Å². The Morgan fingerprint density at radius 2 is 0.550 bits per heavy atom. The molecule has 0 N–H and O–H groups in total. The van der Waals surface area contributed by atoms with Crippen molar-refractivity contribution in [3.63, 3.8) is 0 Å². The van der Waals surface area contributed by atoms with E-state index in [1.165, 1.54) is 44.5 Å². The molecule has 0 aromatic heterocycles. The zero-order chi connectivity index (χ0) is 53.1. The number of nitrogens with zero attached hydrogens (tertiary/aromatic N) is 2. The molecule has 2 aliphatic carbocycles. The van der Waals surface area contributed by atoms with Crippen molar-refractivity contribution >= 4 is 0 Å². The molecule has 80 heavy (non-hydrogen) atoms. The maximum atomic E-state index is 11.0. The third-order valence-corrected chi connectivity index (χ3v) is 17.3. The molecule has 12 aromatic rings. The summed E-state index contributed by atoms with van der Waals surface area (Å²) in [6.45, 7) is 0. The first-order valence-electron chi connectivity index (χ1n) is 27.1. The molecule has 16 rings (SSSR count). The van der Waals surface area contributed by atoms with Crippen molar-refractivity contribution in [1.29, 1.82) is 10.5 Å². The molecule has 0 radical (unpaired) electrons. The molecule has 0 unspecified atom stereocenters. The van der Waals surface area contributed by atoms with Gasteiger partial charge in [0.2, 0.25) is 0 Å². The number of fused-ring (bicyclic) bond motifs is 18. The molecule has 2 heterocycles. The van der Waals surface area contributed by atoms with Gasteiger partial charge < -0.3 is 9.47 Å². The van der Waals surface area contributed by atoms with E-state index in [2.05, 4.69) is 243 Å². The molecule has 0 saturated heterocycles. The third-order valence-electron chi connectivity index (χ3n) is 17.3. The van der Waals surface area contributed by atoms with Crippen LogP contribution in [0.3, 0.4) is 0 Å². The van der Waals surface area contributed by atoms with E-state index >= 15 is 0 Å². The Labute approximate surface area is 464 Å². The number of hydrogen-bond donors (Lipinski definition) is 0. The van der Waals surface area contributed by atoms with Gasteiger partial charge in [-0.1, -0.05) is 218 Å². The highest BCUT2D eigenvalue weighted by atomic mass is 16.5. The van der Waals surface area contributed by atoms with Crippen LogP contribution in [-0.2, 0) is 10.8 Å². The zero-order valence-corrected chi connectivity index (χ0v) is 43.1. The molecular weight excluding hydrogens is 973 g/mol. The van der Waals surface area contributed by atoms with E-state index in [1.807, 2.05) is 36.4 Å². The lowest BCUT2D eigenvalue weighted by Crippen LogP contribution is -2.32. The molecule has 12 aromatic carbocycles. The van der Waals surface area contributed by atoms with Crippen LogP contribution in [-0.4, -0.2) is 0 Å². The van der Waals surface area contributed by atoms with Gasteiger partial charge in [0, 0.05) is 22.3 Å². The molecule has 0 amide bonds. The summed E-state index contributed by atoms with van der Waals surface area (Å²) in [6, 6.07) is 99.1. The fraction of sp³-hybridized carbons (Fsp3) is 0.0263. The van der Waals surface area contributed by atoms with E-state index in [0.717, 1.165) is 101 Å². The van der Waals surface area contributed by atoms with E-state index in [4.69, 9.17) is 9.47 Å². The van der Waals surface area contributed by atoms with Gasteiger partial charge in [-0.3, -0.25) is 0 Å². The molecule has 0 saturated carbocycles. The van der Waals surface area contributed by atoms with E-state index < -0.39 is 10.8 Å². The lowest BCUT2D eigenvalue weighted by molar-refractivity contribution is 0.436. The van der Waals surface area contributed by atoms with Crippen LogP contribution in [0.5, 0.6) is 23.0 Å². The minimum absolute atomic E-state index is 0.526. The van der Waals surface area contributed by atoms with Crippen LogP contribution in [0.4, 0.5) is 0 Å². The standard InChI is InChI=1S/C76H44N2O2/c77-45-55-15-1-2-20-57(55)53-19-14-18-49(40-53)52-33-37-69-73(43-52)80-74-44-54(34-38-70(74)76(69)65-27-9-5-23-61(65)62-24-6-10-28-66(62)76)58-35-31-50(41-56(58)46-78)47-16-13-17-48(39-47)51-32-36-68-72(42-51)79-71-30-12-11-29-67(71)75(68)63-25-7-3-21-59(63)60-22-4-8-26-64(60)75/h1-44H. The summed E-state index contributed by atoms with van der Waals surface area (Å²) in [5, 5.41) is 20.9. The van der Waals surface area contributed by atoms with Crippen molar-refractivity contribution in [2.45, 2.75) is 10.8 Å². The molecule has 4 nitrogen and oxygen atoms in total. The first-order valence-corrected chi connectivity index (χ1v) is 27.1. The number of para-hydroxylation sites is 1. The van der Waals surface area contributed by atoms with Gasteiger partial charge >= 0.3 is 0 Å². The van der Waals surface area contributed by atoms with Gasteiger partial charge in [0.05, 0.1) is 34.1 Å². The third kappa shape index (κ3) is 6.36. The van der Waals surface area contributed by atoms with Crippen LogP contribution in [0.1, 0.15) is 55.6 Å². The lowest BCUT2D eigenvalue weighted by Gasteiger charge is -2.39. The monoisotopic (exact) mass is 1020 g/mol. The van der Waals surface area contributed by atoms with Gasteiger partial charge in [0.15, 0.2) is 0 Å². The summed E-state index contributed by atoms with van der Waals surface area (Å²) < 4.78 is 14.0. The van der Waals surface area contributed by atoms with Gasteiger partial charge in [0.1, 0.15) is 23.0 Å². The van der Waals surface area contributed by atoms with Crippen LogP contribution >= 0.6 is 0 Å². The van der Waals surface area contributed by atoms with Crippen molar-refractivity contribution in [2.24, 2.45) is 0 Å². The smallest absolute Gasteiger partial charge is 0.132 e. The highest BCUT2D eigenvalue weighted by molar-refractivity contribution is 5.92. The first kappa shape index (κ1) is 45.4. The summed E-state index contributed by atoms with van der Waals surface area (Å²) in [4.78, 5) is 0. The van der Waals surface area contributed by atoms with Crippen molar-refractivity contribution in [3.8, 4) is 113 Å². The minimum Gasteiger partial charge on any atom is -0.457 e. The van der Waals surface area contributed by atoms with Crippen molar-refractivity contribution < 1.29 is 9.47 Å². The summed E-state index contributed by atoms with van der Waals surface area (Å²) in [5.74, 6) is 3.20. The maximum Gasteiger partial charge on any atom is 0.132 e. The van der Waals surface area contributed by atoms with Crippen molar-refractivity contribution in [3.05, 3.63) is 323 Å². The molecular formula is C76H44N2O2. The van der Waals surface area contributed by atoms with Gasteiger partial charge in [-0.25, -0.2) is 0 Å². The Bertz CT molecular complexity index is 4630. The fourth-order valence-corrected chi connectivity index (χ4v) is 13.9. The molecule has 370 valence electrons. The number of benzene rings is 12. The Kier molecular flexibility index (Phi) is 9.86. The molecule has 4 heteroatoms. The predicted octanol–water partition coefficient (Wildman–Crippen LogP) is 18.7. The second kappa shape index (κ2) is 17.4. The van der Waals surface area contributed by atoms with Crippen LogP contribution in [0.25, 0.3) is 77.9 Å². The second-order valence-corrected chi connectivity index (χ2v) is 21.2. The summed E-state index contributed by atoms with van der Waals surface area (Å²) in [6.07, 6.45) is 0. The summed E-state index contributed by atoms with van der Waals surface area (Å²) >= 11 is 0. The predicted molar refractivity (Wildman–Crippen MR) is 318 cm³/mol. The van der Waals surface area contributed by atoms with Crippen LogP contribution in [0.2, 0.25) is 0 Å². The minimum atomic E-state index is -0.670. The van der Waals surface area contributed by atoms with E-state index in [-0.39, 0.29) is 0 Å². The van der Waals surface area contributed by atoms with Crippen LogP contribution in [0.15, 0.2) is 267 Å². The van der Waals surface area contributed by atoms with Gasteiger partial charge in [-0.15, -0.1) is 0 Å². The highest BCUT2D eigenvalue weighted by Crippen LogP contribution is 2.64. The topological polar surface area (TPSA) is 66.0 Å². The van der Waals surface area contributed by atoms with Gasteiger partial charge in [-0.05, 0) is 149 Å². The Morgan fingerprint density at radius 3 is 1.06 bits per heavy atom. The summed E-state index contributed by atoms with van der Waals surface area (Å²) in [5.41, 5.74) is 23.9. The second-order valence-electron chi connectivity index (χ2n) is 21.2. The Morgan fingerprint density at radius 1 is 0.225 bits per heavy atom. The largest absolute Gasteiger partial charge is 0.457 e. The molecule has 0 atom stereocenters. The Hall–Kier alpha value is -10.8. The highest BCUT2D eigenvalue weighted by Gasteiger charge is 2.52. The zero-order valence-electron chi connectivity index (χ0n) is 43.1. The summed E-state index contributed by atoms with van der Waals surface area (Å²) in [7, 11) is 0. The maximum absolute atomic E-state index is 11.0. The molecule has 0 fully saturated rings. The van der Waals surface area contributed by atoms with Crippen LogP contribution in [0, 0.1) is 22.7 Å². The Balaban J connectivity index is 0.778.